The standard InChI is InChI=1S/C20H20N2OS/c23-20(12-11-18-13-14-24-16-18)21-22(19-9-5-2-6-10-19)15-17-7-3-1-4-8-17/h1-10,13-14,16H,11-12,15H2,(H,21,23). The van der Waals surface area contributed by atoms with E-state index in [4.69, 9.17) is 0 Å². The molecule has 24 heavy (non-hydrogen) atoms. The second-order valence-corrected chi connectivity index (χ2v) is 6.35. The largest absolute Gasteiger partial charge is 0.281 e. The van der Waals surface area contributed by atoms with E-state index >= 15 is 0 Å². The van der Waals surface area contributed by atoms with Crippen LogP contribution in [-0.4, -0.2) is 5.91 Å². The van der Waals surface area contributed by atoms with E-state index in [1.165, 1.54) is 5.56 Å². The highest BCUT2D eigenvalue weighted by Gasteiger charge is 2.11. The zero-order valence-corrected chi connectivity index (χ0v) is 14.2. The van der Waals surface area contributed by atoms with Gasteiger partial charge in [-0.05, 0) is 46.5 Å². The molecule has 0 unspecified atom stereocenters. The van der Waals surface area contributed by atoms with Gasteiger partial charge in [-0.25, -0.2) is 0 Å². The number of benzene rings is 2. The van der Waals surface area contributed by atoms with E-state index < -0.39 is 0 Å². The van der Waals surface area contributed by atoms with Gasteiger partial charge in [0.2, 0.25) is 5.91 Å². The van der Waals surface area contributed by atoms with Crippen LogP contribution in [0.5, 0.6) is 0 Å². The molecule has 0 spiro atoms. The van der Waals surface area contributed by atoms with Gasteiger partial charge >= 0.3 is 0 Å². The second kappa shape index (κ2) is 8.31. The molecule has 0 bridgehead atoms. The fourth-order valence-electron chi connectivity index (χ4n) is 2.47. The highest BCUT2D eigenvalue weighted by atomic mass is 32.1. The van der Waals surface area contributed by atoms with Crippen LogP contribution in [0.15, 0.2) is 77.5 Å². The Kier molecular flexibility index (Phi) is 5.64. The van der Waals surface area contributed by atoms with Crippen molar-refractivity contribution in [2.45, 2.75) is 19.4 Å². The number of anilines is 1. The van der Waals surface area contributed by atoms with Gasteiger partial charge in [-0.1, -0.05) is 48.5 Å². The van der Waals surface area contributed by atoms with Gasteiger partial charge in [0.25, 0.3) is 0 Å². The van der Waals surface area contributed by atoms with Crippen LogP contribution in [0.2, 0.25) is 0 Å². The Bertz CT molecular complexity index is 742. The predicted molar refractivity (Wildman–Crippen MR) is 99.8 cm³/mol. The number of carbonyl (C=O) groups is 1. The average Bonchev–Trinajstić information content (AvgIpc) is 3.15. The maximum atomic E-state index is 12.4. The minimum Gasteiger partial charge on any atom is -0.281 e. The molecule has 0 radical (unpaired) electrons. The summed E-state index contributed by atoms with van der Waals surface area (Å²) in [6, 6.07) is 22.1. The van der Waals surface area contributed by atoms with Gasteiger partial charge in [0.15, 0.2) is 0 Å². The molecule has 122 valence electrons. The zero-order valence-electron chi connectivity index (χ0n) is 13.4. The number of hydrogen-bond acceptors (Lipinski definition) is 3. The quantitative estimate of drug-likeness (QED) is 0.648. The second-order valence-electron chi connectivity index (χ2n) is 5.57. The molecule has 4 heteroatoms. The topological polar surface area (TPSA) is 32.3 Å². The Hall–Kier alpha value is -2.59. The van der Waals surface area contributed by atoms with E-state index in [-0.39, 0.29) is 5.91 Å². The summed E-state index contributed by atoms with van der Waals surface area (Å²) in [6.07, 6.45) is 1.25. The van der Waals surface area contributed by atoms with Gasteiger partial charge < -0.3 is 0 Å². The summed E-state index contributed by atoms with van der Waals surface area (Å²) in [7, 11) is 0. The van der Waals surface area contributed by atoms with Gasteiger partial charge in [0, 0.05) is 6.42 Å². The predicted octanol–water partition coefficient (Wildman–Crippen LogP) is 4.42. The Morgan fingerprint density at radius 3 is 2.29 bits per heavy atom. The highest BCUT2D eigenvalue weighted by molar-refractivity contribution is 7.07. The molecular formula is C20H20N2OS. The molecule has 3 nitrogen and oxygen atoms in total. The number of nitrogens with zero attached hydrogens (tertiary/aromatic N) is 1. The molecule has 1 aromatic heterocycles. The molecule has 3 rings (SSSR count). The summed E-state index contributed by atoms with van der Waals surface area (Å²) in [5, 5.41) is 6.04. The van der Waals surface area contributed by atoms with Crippen molar-refractivity contribution >= 4 is 22.9 Å². The first-order chi connectivity index (χ1) is 11.8. The number of nitrogens with one attached hydrogen (secondary N) is 1. The molecule has 2 aromatic carbocycles. The maximum absolute atomic E-state index is 12.4. The minimum absolute atomic E-state index is 0.0287. The van der Waals surface area contributed by atoms with Crippen LogP contribution < -0.4 is 10.4 Å². The van der Waals surface area contributed by atoms with E-state index in [0.717, 1.165) is 17.7 Å². The van der Waals surface area contributed by atoms with Gasteiger partial charge in [0.05, 0.1) is 12.2 Å². The molecule has 0 aliphatic carbocycles. The first-order valence-electron chi connectivity index (χ1n) is 7.98. The number of carbonyl (C=O) groups excluding carboxylic acids is 1. The Morgan fingerprint density at radius 2 is 1.62 bits per heavy atom. The summed E-state index contributed by atoms with van der Waals surface area (Å²) < 4.78 is 0. The lowest BCUT2D eigenvalue weighted by Crippen LogP contribution is -2.42. The smallest absolute Gasteiger partial charge is 0.238 e. The van der Waals surface area contributed by atoms with Crippen LogP contribution in [0.25, 0.3) is 0 Å². The molecule has 1 N–H and O–H groups in total. The van der Waals surface area contributed by atoms with E-state index in [2.05, 4.69) is 29.0 Å². The fourth-order valence-corrected chi connectivity index (χ4v) is 3.17. The van der Waals surface area contributed by atoms with E-state index in [9.17, 15) is 4.79 Å². The third kappa shape index (κ3) is 4.70. The van der Waals surface area contributed by atoms with Crippen molar-refractivity contribution in [2.24, 2.45) is 0 Å². The fraction of sp³-hybridized carbons (Fsp3) is 0.150. The number of hydrazine groups is 1. The summed E-state index contributed by atoms with van der Waals surface area (Å²) in [5.74, 6) is 0.0287. The van der Waals surface area contributed by atoms with Crippen LogP contribution in [0.4, 0.5) is 5.69 Å². The number of aryl methyl sites for hydroxylation is 1. The number of hydrogen-bond donors (Lipinski definition) is 1. The van der Waals surface area contributed by atoms with E-state index in [1.807, 2.05) is 58.9 Å². The Balaban J connectivity index is 1.66. The van der Waals surface area contributed by atoms with Crippen LogP contribution in [0, 0.1) is 0 Å². The van der Waals surface area contributed by atoms with Crippen molar-refractivity contribution in [3.05, 3.63) is 88.6 Å². The lowest BCUT2D eigenvalue weighted by molar-refractivity contribution is -0.121. The third-order valence-corrected chi connectivity index (χ3v) is 4.46. The molecule has 0 aliphatic heterocycles. The van der Waals surface area contributed by atoms with E-state index in [1.54, 1.807) is 11.3 Å². The molecule has 0 saturated heterocycles. The van der Waals surface area contributed by atoms with Crippen molar-refractivity contribution < 1.29 is 4.79 Å². The normalized spacial score (nSPS) is 10.3. The summed E-state index contributed by atoms with van der Waals surface area (Å²) in [4.78, 5) is 12.4. The number of amides is 1. The molecular weight excluding hydrogens is 316 g/mol. The molecule has 1 amide bonds. The molecule has 0 atom stereocenters. The molecule has 0 saturated carbocycles. The third-order valence-electron chi connectivity index (χ3n) is 3.73. The van der Waals surface area contributed by atoms with Crippen LogP contribution in [0.1, 0.15) is 17.5 Å². The van der Waals surface area contributed by atoms with E-state index in [0.29, 0.717) is 13.0 Å². The Labute approximate surface area is 146 Å². The average molecular weight is 336 g/mol. The molecule has 0 fully saturated rings. The van der Waals surface area contributed by atoms with Crippen molar-refractivity contribution in [1.82, 2.24) is 5.43 Å². The van der Waals surface area contributed by atoms with Crippen molar-refractivity contribution in [1.29, 1.82) is 0 Å². The number of thiophene rings is 1. The van der Waals surface area contributed by atoms with Gasteiger partial charge in [0.1, 0.15) is 0 Å². The SMILES string of the molecule is O=C(CCc1ccsc1)NN(Cc1ccccc1)c1ccccc1. The van der Waals surface area contributed by atoms with Crippen LogP contribution in [-0.2, 0) is 17.8 Å². The molecule has 1 heterocycles. The monoisotopic (exact) mass is 336 g/mol. The zero-order chi connectivity index (χ0) is 16.6. The first kappa shape index (κ1) is 16.3. The van der Waals surface area contributed by atoms with Crippen molar-refractivity contribution in [2.75, 3.05) is 5.01 Å². The van der Waals surface area contributed by atoms with Gasteiger partial charge in [-0.3, -0.25) is 15.2 Å². The van der Waals surface area contributed by atoms with Crippen molar-refractivity contribution in [3.8, 4) is 0 Å². The van der Waals surface area contributed by atoms with Crippen molar-refractivity contribution in [3.63, 3.8) is 0 Å². The van der Waals surface area contributed by atoms with Crippen LogP contribution in [0.3, 0.4) is 0 Å². The first-order valence-corrected chi connectivity index (χ1v) is 8.92. The summed E-state index contributed by atoms with van der Waals surface area (Å²) >= 11 is 1.66. The van der Waals surface area contributed by atoms with Crippen LogP contribution >= 0.6 is 11.3 Å². The Morgan fingerprint density at radius 1 is 0.917 bits per heavy atom. The summed E-state index contributed by atoms with van der Waals surface area (Å²) in [6.45, 7) is 0.634. The molecule has 0 aliphatic rings. The lowest BCUT2D eigenvalue weighted by atomic mass is 10.2. The lowest BCUT2D eigenvalue weighted by Gasteiger charge is -2.25. The van der Waals surface area contributed by atoms with Gasteiger partial charge in [-0.2, -0.15) is 11.3 Å². The van der Waals surface area contributed by atoms with Gasteiger partial charge in [-0.15, -0.1) is 0 Å². The summed E-state index contributed by atoms with van der Waals surface area (Å²) in [5.41, 5.74) is 6.38. The minimum atomic E-state index is 0.0287. The highest BCUT2D eigenvalue weighted by Crippen LogP contribution is 2.15. The number of rotatable bonds is 7. The maximum Gasteiger partial charge on any atom is 0.238 e. The molecule has 3 aromatic rings. The number of para-hydroxylation sites is 1.